The summed E-state index contributed by atoms with van der Waals surface area (Å²) in [6.45, 7) is 0.367. The summed E-state index contributed by atoms with van der Waals surface area (Å²) in [6.07, 6.45) is 0. The van der Waals surface area contributed by atoms with Gasteiger partial charge >= 0.3 is 0 Å². The lowest BCUT2D eigenvalue weighted by atomic mass is 10.1. The van der Waals surface area contributed by atoms with Crippen LogP contribution in [0.5, 0.6) is 0 Å². The zero-order valence-corrected chi connectivity index (χ0v) is 13.7. The lowest BCUT2D eigenvalue weighted by molar-refractivity contribution is 0.0947. The van der Waals surface area contributed by atoms with Crippen LogP contribution in [0.25, 0.3) is 0 Å². The molecule has 0 spiro atoms. The molecule has 2 aromatic rings. The Balaban J connectivity index is 2.06. The Hall–Kier alpha value is -1.20. The molecule has 0 aromatic heterocycles. The first-order valence-electron chi connectivity index (χ1n) is 5.97. The first kappa shape index (κ1) is 15.2. The molecule has 0 aliphatic carbocycles. The van der Waals surface area contributed by atoms with Crippen LogP contribution in [0.3, 0.4) is 0 Å². The predicted molar refractivity (Wildman–Crippen MR) is 84.3 cm³/mol. The van der Waals surface area contributed by atoms with Crippen molar-refractivity contribution in [3.63, 3.8) is 0 Å². The van der Waals surface area contributed by atoms with Crippen LogP contribution in [-0.4, -0.2) is 5.91 Å². The molecule has 104 valence electrons. The van der Waals surface area contributed by atoms with Gasteiger partial charge in [0.25, 0.3) is 5.91 Å². The van der Waals surface area contributed by atoms with Crippen molar-refractivity contribution in [1.29, 1.82) is 0 Å². The lowest BCUT2D eigenvalue weighted by Crippen LogP contribution is -2.23. The van der Waals surface area contributed by atoms with E-state index in [-0.39, 0.29) is 5.56 Å². The van der Waals surface area contributed by atoms with Gasteiger partial charge in [0.05, 0.1) is 5.56 Å². The Bertz CT molecular complexity index is 631. The Morgan fingerprint density at radius 3 is 2.65 bits per heavy atom. The highest BCUT2D eigenvalue weighted by atomic mass is 79.9. The molecule has 0 aliphatic heterocycles. The van der Waals surface area contributed by atoms with E-state index in [2.05, 4.69) is 37.2 Å². The Morgan fingerprint density at radius 1 is 1.15 bits per heavy atom. The van der Waals surface area contributed by atoms with Gasteiger partial charge in [-0.2, -0.15) is 0 Å². The SMILES string of the molecule is O=C(NCc1cccc(CBr)c1)c1cc(Br)ccc1F. The smallest absolute Gasteiger partial charge is 0.254 e. The lowest BCUT2D eigenvalue weighted by Gasteiger charge is -2.07. The number of benzene rings is 2. The minimum atomic E-state index is -0.528. The number of rotatable bonds is 4. The van der Waals surface area contributed by atoms with Gasteiger partial charge in [0.15, 0.2) is 0 Å². The average molecular weight is 401 g/mol. The summed E-state index contributed by atoms with van der Waals surface area (Å²) in [7, 11) is 0. The molecule has 0 saturated carbocycles. The number of hydrogen-bond acceptors (Lipinski definition) is 1. The fourth-order valence-corrected chi connectivity index (χ4v) is 2.48. The van der Waals surface area contributed by atoms with E-state index in [1.807, 2.05) is 24.3 Å². The second kappa shape index (κ2) is 6.99. The van der Waals surface area contributed by atoms with Crippen molar-refractivity contribution in [2.45, 2.75) is 11.9 Å². The molecule has 0 unspecified atom stereocenters. The fourth-order valence-electron chi connectivity index (χ4n) is 1.77. The van der Waals surface area contributed by atoms with E-state index in [4.69, 9.17) is 0 Å². The van der Waals surface area contributed by atoms with Crippen LogP contribution >= 0.6 is 31.9 Å². The molecule has 2 rings (SSSR count). The summed E-state index contributed by atoms with van der Waals surface area (Å²) in [5.41, 5.74) is 2.15. The summed E-state index contributed by atoms with van der Waals surface area (Å²) in [6, 6.07) is 12.1. The molecule has 0 heterocycles. The monoisotopic (exact) mass is 399 g/mol. The van der Waals surface area contributed by atoms with Crippen LogP contribution in [-0.2, 0) is 11.9 Å². The van der Waals surface area contributed by atoms with Crippen LogP contribution < -0.4 is 5.32 Å². The quantitative estimate of drug-likeness (QED) is 0.756. The minimum Gasteiger partial charge on any atom is -0.348 e. The molecule has 0 aliphatic rings. The van der Waals surface area contributed by atoms with Crippen molar-refractivity contribution in [2.75, 3.05) is 0 Å². The molecular formula is C15H12Br2FNO. The third-order valence-electron chi connectivity index (χ3n) is 2.77. The maximum absolute atomic E-state index is 13.6. The van der Waals surface area contributed by atoms with E-state index < -0.39 is 11.7 Å². The Labute approximate surface area is 133 Å². The van der Waals surface area contributed by atoms with E-state index in [9.17, 15) is 9.18 Å². The minimum absolute atomic E-state index is 0.0380. The van der Waals surface area contributed by atoms with Crippen LogP contribution in [0.1, 0.15) is 21.5 Å². The van der Waals surface area contributed by atoms with Gasteiger partial charge in [-0.15, -0.1) is 0 Å². The van der Waals surface area contributed by atoms with Crippen LogP contribution in [0.2, 0.25) is 0 Å². The maximum Gasteiger partial charge on any atom is 0.254 e. The van der Waals surface area contributed by atoms with Gasteiger partial charge in [0.2, 0.25) is 0 Å². The van der Waals surface area contributed by atoms with E-state index in [1.54, 1.807) is 6.07 Å². The van der Waals surface area contributed by atoms with Gasteiger partial charge in [-0.25, -0.2) is 4.39 Å². The molecular weight excluding hydrogens is 389 g/mol. The second-order valence-electron chi connectivity index (χ2n) is 4.26. The number of nitrogens with one attached hydrogen (secondary N) is 1. The molecule has 2 nitrogen and oxygen atoms in total. The van der Waals surface area contributed by atoms with Crippen molar-refractivity contribution in [2.24, 2.45) is 0 Å². The second-order valence-corrected chi connectivity index (χ2v) is 5.74. The molecule has 0 radical (unpaired) electrons. The van der Waals surface area contributed by atoms with Crippen LogP contribution in [0.15, 0.2) is 46.9 Å². The maximum atomic E-state index is 13.6. The molecule has 2 aromatic carbocycles. The molecule has 20 heavy (non-hydrogen) atoms. The van der Waals surface area contributed by atoms with Gasteiger partial charge < -0.3 is 5.32 Å². The first-order chi connectivity index (χ1) is 9.60. The van der Waals surface area contributed by atoms with Crippen LogP contribution in [0.4, 0.5) is 4.39 Å². The van der Waals surface area contributed by atoms with Gasteiger partial charge in [-0.05, 0) is 29.3 Å². The molecule has 0 saturated heterocycles. The first-order valence-corrected chi connectivity index (χ1v) is 7.88. The number of hydrogen-bond donors (Lipinski definition) is 1. The molecule has 0 atom stereocenters. The standard InChI is InChI=1S/C15H12Br2FNO/c16-8-10-2-1-3-11(6-10)9-19-15(20)13-7-12(17)4-5-14(13)18/h1-7H,8-9H2,(H,19,20). The zero-order chi connectivity index (χ0) is 14.5. The summed E-state index contributed by atoms with van der Waals surface area (Å²) in [5.74, 6) is -0.951. The normalized spacial score (nSPS) is 10.3. The van der Waals surface area contributed by atoms with Crippen molar-refractivity contribution >= 4 is 37.8 Å². The van der Waals surface area contributed by atoms with Crippen molar-refractivity contribution in [3.05, 3.63) is 69.4 Å². The third-order valence-corrected chi connectivity index (χ3v) is 3.91. The number of amides is 1. The number of carbonyl (C=O) groups excluding carboxylic acids is 1. The zero-order valence-electron chi connectivity index (χ0n) is 10.5. The van der Waals surface area contributed by atoms with Crippen molar-refractivity contribution < 1.29 is 9.18 Å². The van der Waals surface area contributed by atoms with Gasteiger partial charge in [0.1, 0.15) is 5.82 Å². The van der Waals surface area contributed by atoms with Gasteiger partial charge in [-0.3, -0.25) is 4.79 Å². The largest absolute Gasteiger partial charge is 0.348 e. The molecule has 1 N–H and O–H groups in total. The average Bonchev–Trinajstić information content (AvgIpc) is 2.47. The van der Waals surface area contributed by atoms with Crippen LogP contribution in [0, 0.1) is 5.82 Å². The fraction of sp³-hybridized carbons (Fsp3) is 0.133. The van der Waals surface area contributed by atoms with Crippen molar-refractivity contribution in [3.8, 4) is 0 Å². The predicted octanol–water partition coefficient (Wildman–Crippen LogP) is 4.41. The van der Waals surface area contributed by atoms with E-state index in [0.717, 1.165) is 16.5 Å². The summed E-state index contributed by atoms with van der Waals surface area (Å²) in [4.78, 5) is 12.0. The van der Waals surface area contributed by atoms with E-state index >= 15 is 0 Å². The number of halogens is 3. The summed E-state index contributed by atoms with van der Waals surface area (Å²) >= 11 is 6.61. The van der Waals surface area contributed by atoms with E-state index in [0.29, 0.717) is 11.0 Å². The number of carbonyl (C=O) groups is 1. The number of alkyl halides is 1. The Kier molecular flexibility index (Phi) is 5.31. The highest BCUT2D eigenvalue weighted by molar-refractivity contribution is 9.10. The summed E-state index contributed by atoms with van der Waals surface area (Å²) < 4.78 is 14.2. The molecule has 0 fully saturated rings. The molecule has 1 amide bonds. The molecule has 0 bridgehead atoms. The van der Waals surface area contributed by atoms with E-state index in [1.165, 1.54) is 12.1 Å². The highest BCUT2D eigenvalue weighted by Gasteiger charge is 2.11. The summed E-state index contributed by atoms with van der Waals surface area (Å²) in [5, 5.41) is 3.48. The third kappa shape index (κ3) is 3.90. The Morgan fingerprint density at radius 2 is 1.90 bits per heavy atom. The molecule has 5 heteroatoms. The van der Waals surface area contributed by atoms with Gasteiger partial charge in [-0.1, -0.05) is 56.1 Å². The highest BCUT2D eigenvalue weighted by Crippen LogP contribution is 2.16. The topological polar surface area (TPSA) is 29.1 Å². The van der Waals surface area contributed by atoms with Crippen molar-refractivity contribution in [1.82, 2.24) is 5.32 Å². The van der Waals surface area contributed by atoms with Gasteiger partial charge in [0, 0.05) is 16.3 Å².